The van der Waals surface area contributed by atoms with E-state index < -0.39 is 10.0 Å². The average Bonchev–Trinajstić information content (AvgIpc) is 2.36. The van der Waals surface area contributed by atoms with Gasteiger partial charge in [0.2, 0.25) is 10.0 Å². The van der Waals surface area contributed by atoms with Crippen molar-refractivity contribution in [1.82, 2.24) is 9.62 Å². The Bertz CT molecular complexity index is 357. The van der Waals surface area contributed by atoms with Gasteiger partial charge in [0.15, 0.2) is 0 Å². The van der Waals surface area contributed by atoms with Crippen molar-refractivity contribution in [2.45, 2.75) is 52.2 Å². The number of likely N-dealkylation sites (tertiary alicyclic amines) is 1. The van der Waals surface area contributed by atoms with Crippen molar-refractivity contribution in [2.24, 2.45) is 5.92 Å². The maximum atomic E-state index is 11.3. The predicted octanol–water partition coefficient (Wildman–Crippen LogP) is 0.797. The van der Waals surface area contributed by atoms with Crippen LogP contribution in [-0.4, -0.2) is 56.0 Å². The Morgan fingerprint density at radius 3 is 2.74 bits per heavy atom. The lowest BCUT2D eigenvalue weighted by Crippen LogP contribution is -2.48. The van der Waals surface area contributed by atoms with Crippen molar-refractivity contribution < 1.29 is 13.5 Å². The van der Waals surface area contributed by atoms with E-state index in [0.717, 1.165) is 32.4 Å². The van der Waals surface area contributed by atoms with Gasteiger partial charge in [0, 0.05) is 12.6 Å². The van der Waals surface area contributed by atoms with Crippen LogP contribution < -0.4 is 4.72 Å². The molecular weight excluding hydrogens is 264 g/mol. The molecule has 0 radical (unpaired) electrons. The van der Waals surface area contributed by atoms with Crippen molar-refractivity contribution in [1.29, 1.82) is 0 Å². The third-order valence-corrected chi connectivity index (χ3v) is 5.31. The van der Waals surface area contributed by atoms with Gasteiger partial charge < -0.3 is 5.11 Å². The number of aliphatic hydroxyl groups is 1. The lowest BCUT2D eigenvalue weighted by molar-refractivity contribution is 0.0208. The normalized spacial score (nSPS) is 27.4. The molecule has 1 aliphatic rings. The molecule has 0 aliphatic carbocycles. The molecule has 0 spiro atoms. The first-order valence-corrected chi connectivity index (χ1v) is 8.90. The first kappa shape index (κ1) is 16.9. The lowest BCUT2D eigenvalue weighted by atomic mass is 9.90. The lowest BCUT2D eigenvalue weighted by Gasteiger charge is -2.40. The minimum absolute atomic E-state index is 0.129. The van der Waals surface area contributed by atoms with Gasteiger partial charge in [-0.3, -0.25) is 4.90 Å². The van der Waals surface area contributed by atoms with Crippen LogP contribution in [0.25, 0.3) is 0 Å². The number of sulfonamides is 1. The summed E-state index contributed by atoms with van der Waals surface area (Å²) in [6, 6.07) is 0.214. The summed E-state index contributed by atoms with van der Waals surface area (Å²) in [6.07, 6.45) is 2.65. The Kier molecular flexibility index (Phi) is 6.73. The number of nitrogens with one attached hydrogen (secondary N) is 1. The van der Waals surface area contributed by atoms with Gasteiger partial charge in [0.05, 0.1) is 11.9 Å². The summed E-state index contributed by atoms with van der Waals surface area (Å²) in [6.45, 7) is 8.02. The highest BCUT2D eigenvalue weighted by molar-refractivity contribution is 7.89. The molecule has 3 unspecified atom stereocenters. The number of aliphatic hydroxyl groups excluding tert-OH is 1. The van der Waals surface area contributed by atoms with Crippen molar-refractivity contribution in [2.75, 3.05) is 25.4 Å². The predicted molar refractivity (Wildman–Crippen MR) is 77.5 cm³/mol. The minimum atomic E-state index is -3.08. The first-order chi connectivity index (χ1) is 8.85. The maximum absolute atomic E-state index is 11.3. The Balaban J connectivity index is 2.35. The Hall–Kier alpha value is -0.170. The molecule has 0 aromatic carbocycles. The van der Waals surface area contributed by atoms with Crippen LogP contribution in [0.1, 0.15) is 40.0 Å². The van der Waals surface area contributed by atoms with E-state index in [9.17, 15) is 13.5 Å². The number of rotatable bonds is 7. The van der Waals surface area contributed by atoms with Gasteiger partial charge in [0.25, 0.3) is 0 Å². The summed E-state index contributed by atoms with van der Waals surface area (Å²) in [7, 11) is -3.08. The van der Waals surface area contributed by atoms with E-state index in [1.54, 1.807) is 6.92 Å². The molecule has 0 aromatic heterocycles. The Morgan fingerprint density at radius 1 is 1.47 bits per heavy atom. The van der Waals surface area contributed by atoms with Crippen molar-refractivity contribution in [3.63, 3.8) is 0 Å². The first-order valence-electron chi connectivity index (χ1n) is 7.25. The Morgan fingerprint density at radius 2 is 2.16 bits per heavy atom. The number of hydrogen-bond donors (Lipinski definition) is 2. The molecule has 2 N–H and O–H groups in total. The average molecular weight is 292 g/mol. The fraction of sp³-hybridized carbons (Fsp3) is 1.00. The molecule has 0 amide bonds. The summed E-state index contributed by atoms with van der Waals surface area (Å²) in [5, 5.41) is 9.84. The van der Waals surface area contributed by atoms with Gasteiger partial charge in [0.1, 0.15) is 0 Å². The van der Waals surface area contributed by atoms with Crippen LogP contribution in [0, 0.1) is 5.92 Å². The van der Waals surface area contributed by atoms with Crippen molar-refractivity contribution >= 4 is 10.0 Å². The van der Waals surface area contributed by atoms with Crippen LogP contribution in [-0.2, 0) is 10.0 Å². The molecule has 1 aliphatic heterocycles. The van der Waals surface area contributed by atoms with E-state index in [1.807, 2.05) is 6.92 Å². The molecule has 114 valence electrons. The van der Waals surface area contributed by atoms with E-state index in [4.69, 9.17) is 0 Å². The van der Waals surface area contributed by atoms with Gasteiger partial charge in [-0.2, -0.15) is 0 Å². The van der Waals surface area contributed by atoms with Crippen LogP contribution >= 0.6 is 0 Å². The van der Waals surface area contributed by atoms with Crippen LogP contribution in [0.2, 0.25) is 0 Å². The highest BCUT2D eigenvalue weighted by Gasteiger charge is 2.29. The summed E-state index contributed by atoms with van der Waals surface area (Å²) < 4.78 is 25.2. The zero-order valence-electron chi connectivity index (χ0n) is 12.3. The second kappa shape index (κ2) is 7.57. The maximum Gasteiger partial charge on any atom is 0.211 e. The molecule has 1 saturated heterocycles. The molecular formula is C13H28N2O3S. The number of nitrogens with zero attached hydrogens (tertiary/aromatic N) is 1. The fourth-order valence-corrected chi connectivity index (χ4v) is 3.28. The van der Waals surface area contributed by atoms with Crippen molar-refractivity contribution in [3.8, 4) is 0 Å². The summed E-state index contributed by atoms with van der Waals surface area (Å²) in [4.78, 5) is 2.30. The molecule has 19 heavy (non-hydrogen) atoms. The van der Waals surface area contributed by atoms with Gasteiger partial charge >= 0.3 is 0 Å². The molecule has 0 saturated carbocycles. The van der Waals surface area contributed by atoms with Crippen molar-refractivity contribution in [3.05, 3.63) is 0 Å². The molecule has 1 heterocycles. The minimum Gasteiger partial charge on any atom is -0.392 e. The molecule has 5 nitrogen and oxygen atoms in total. The summed E-state index contributed by atoms with van der Waals surface area (Å²) in [5.74, 6) is 0.791. The summed E-state index contributed by atoms with van der Waals surface area (Å²) in [5.41, 5.74) is 0. The van der Waals surface area contributed by atoms with Gasteiger partial charge in [-0.15, -0.1) is 0 Å². The van der Waals surface area contributed by atoms with E-state index in [0.29, 0.717) is 12.5 Å². The third kappa shape index (κ3) is 5.77. The van der Waals surface area contributed by atoms with Crippen LogP contribution in [0.15, 0.2) is 0 Å². The topological polar surface area (TPSA) is 69.6 Å². The molecule has 1 rings (SSSR count). The SMILES string of the molecule is CCS(=O)(=O)NCCCN1CCC(C)CC1C(C)O. The molecule has 6 heteroatoms. The molecule has 0 aromatic rings. The quantitative estimate of drug-likeness (QED) is 0.681. The third-order valence-electron chi connectivity index (χ3n) is 3.90. The largest absolute Gasteiger partial charge is 0.392 e. The van der Waals surface area contributed by atoms with E-state index >= 15 is 0 Å². The smallest absolute Gasteiger partial charge is 0.211 e. The Labute approximate surface area is 117 Å². The molecule has 3 atom stereocenters. The molecule has 0 bridgehead atoms. The monoisotopic (exact) mass is 292 g/mol. The highest BCUT2D eigenvalue weighted by atomic mass is 32.2. The zero-order chi connectivity index (χ0) is 14.5. The second-order valence-electron chi connectivity index (χ2n) is 5.62. The second-order valence-corrected chi connectivity index (χ2v) is 7.72. The van der Waals surface area contributed by atoms with Crippen LogP contribution in [0.5, 0.6) is 0 Å². The number of hydrogen-bond acceptors (Lipinski definition) is 4. The van der Waals surface area contributed by atoms with Gasteiger partial charge in [-0.05, 0) is 52.1 Å². The van der Waals surface area contributed by atoms with Crippen LogP contribution in [0.4, 0.5) is 0 Å². The zero-order valence-corrected chi connectivity index (χ0v) is 13.1. The molecule has 1 fully saturated rings. The van der Waals surface area contributed by atoms with E-state index in [1.165, 1.54) is 0 Å². The number of piperidine rings is 1. The summed E-state index contributed by atoms with van der Waals surface area (Å²) >= 11 is 0. The van der Waals surface area contributed by atoms with E-state index in [2.05, 4.69) is 16.5 Å². The van der Waals surface area contributed by atoms with E-state index in [-0.39, 0.29) is 17.9 Å². The van der Waals surface area contributed by atoms with Crippen LogP contribution in [0.3, 0.4) is 0 Å². The highest BCUT2D eigenvalue weighted by Crippen LogP contribution is 2.24. The standard InChI is InChI=1S/C13H28N2O3S/c1-4-19(17,18)14-7-5-8-15-9-6-11(2)10-13(15)12(3)16/h11-14,16H,4-10H2,1-3H3. The van der Waals surface area contributed by atoms with Gasteiger partial charge in [-0.1, -0.05) is 6.92 Å². The fourth-order valence-electron chi connectivity index (χ4n) is 2.62. The van der Waals surface area contributed by atoms with Gasteiger partial charge in [-0.25, -0.2) is 13.1 Å².